The Morgan fingerprint density at radius 2 is 1.57 bits per heavy atom. The van der Waals surface area contributed by atoms with Crippen LogP contribution in [-0.4, -0.2) is 25.9 Å². The Morgan fingerprint density at radius 1 is 0.932 bits per heavy atom. The average molecular weight is 597 g/mol. The highest BCUT2D eigenvalue weighted by molar-refractivity contribution is 7.99. The highest BCUT2D eigenvalue weighted by Crippen LogP contribution is 2.42. The van der Waals surface area contributed by atoms with E-state index in [4.69, 9.17) is 4.42 Å². The van der Waals surface area contributed by atoms with Gasteiger partial charge in [-0.15, -0.1) is 10.2 Å². The number of nitriles is 1. The van der Waals surface area contributed by atoms with Crippen LogP contribution in [-0.2, 0) is 6.54 Å². The molecular formula is C34H24N6O3S. The number of hydrogen-bond acceptors (Lipinski definition) is 8. The second kappa shape index (κ2) is 12.6. The normalized spacial score (nSPS) is 11.1. The summed E-state index contributed by atoms with van der Waals surface area (Å²) in [7, 11) is 0. The zero-order valence-electron chi connectivity index (χ0n) is 23.5. The van der Waals surface area contributed by atoms with Gasteiger partial charge < -0.3 is 8.98 Å². The minimum absolute atomic E-state index is 0.0902. The van der Waals surface area contributed by atoms with Gasteiger partial charge >= 0.3 is 0 Å². The Hall–Kier alpha value is -5.79. The summed E-state index contributed by atoms with van der Waals surface area (Å²) in [4.78, 5) is 16.5. The molecule has 0 radical (unpaired) electrons. The Bertz CT molecular complexity index is 2010. The van der Waals surface area contributed by atoms with Gasteiger partial charge in [-0.25, -0.2) is 4.99 Å². The summed E-state index contributed by atoms with van der Waals surface area (Å²) in [5.74, 6) is 1.35. The number of nitro benzene ring substituents is 1. The summed E-state index contributed by atoms with van der Waals surface area (Å²) < 4.78 is 8.22. The van der Waals surface area contributed by atoms with Crippen LogP contribution in [0.2, 0.25) is 0 Å². The lowest BCUT2D eigenvalue weighted by Gasteiger charge is -2.09. The molecule has 0 fully saturated rings. The minimum atomic E-state index is -0.456. The standard InChI is InChI=1S/C34H24N6O3S/c1-2-39-32(25-16-10-5-11-17-25)37-38-34(39)44-29-19-18-27(40(41)42)20-26(29)22-36-33-28(21-35)30(23-12-6-3-7-13-23)31(43-33)24-14-8-4-9-15-24/h3-20,22H,2H2,1H3. The van der Waals surface area contributed by atoms with E-state index in [1.807, 2.05) is 102 Å². The SMILES string of the molecule is CCn1c(Sc2ccc([N+](=O)[O-])cc2C=Nc2oc(-c3ccccc3)c(-c3ccccc3)c2C#N)nnc1-c1ccccc1. The first-order valence-corrected chi connectivity index (χ1v) is 14.6. The first-order chi connectivity index (χ1) is 21.6. The van der Waals surface area contributed by atoms with Crippen LogP contribution in [0.5, 0.6) is 0 Å². The molecule has 0 spiro atoms. The van der Waals surface area contributed by atoms with Gasteiger partial charge in [0, 0.05) is 52.0 Å². The zero-order valence-corrected chi connectivity index (χ0v) is 24.3. The van der Waals surface area contributed by atoms with E-state index in [1.165, 1.54) is 30.1 Å². The van der Waals surface area contributed by atoms with Crippen molar-refractivity contribution in [1.82, 2.24) is 14.8 Å². The number of nitrogens with zero attached hydrogens (tertiary/aromatic N) is 6. The van der Waals surface area contributed by atoms with Crippen molar-refractivity contribution in [3.63, 3.8) is 0 Å². The van der Waals surface area contributed by atoms with Crippen molar-refractivity contribution in [1.29, 1.82) is 5.26 Å². The molecule has 0 unspecified atom stereocenters. The largest absolute Gasteiger partial charge is 0.436 e. The molecule has 0 bridgehead atoms. The molecular weight excluding hydrogens is 572 g/mol. The maximum absolute atomic E-state index is 11.7. The maximum atomic E-state index is 11.7. The third-order valence-electron chi connectivity index (χ3n) is 6.89. The molecule has 9 nitrogen and oxygen atoms in total. The monoisotopic (exact) mass is 596 g/mol. The summed E-state index contributed by atoms with van der Waals surface area (Å²) in [5.41, 5.74) is 3.82. The van der Waals surface area contributed by atoms with Crippen LogP contribution >= 0.6 is 11.8 Å². The van der Waals surface area contributed by atoms with Gasteiger partial charge in [-0.1, -0.05) is 91.0 Å². The number of non-ortho nitro benzene ring substituents is 1. The second-order valence-electron chi connectivity index (χ2n) is 9.59. The van der Waals surface area contributed by atoms with E-state index >= 15 is 0 Å². The molecule has 0 amide bonds. The molecule has 0 saturated carbocycles. The van der Waals surface area contributed by atoms with Crippen molar-refractivity contribution in [2.45, 2.75) is 23.5 Å². The van der Waals surface area contributed by atoms with Crippen LogP contribution in [0, 0.1) is 21.4 Å². The fourth-order valence-electron chi connectivity index (χ4n) is 4.81. The van der Waals surface area contributed by atoms with Gasteiger partial charge in [-0.2, -0.15) is 5.26 Å². The van der Waals surface area contributed by atoms with E-state index in [1.54, 1.807) is 6.07 Å². The highest BCUT2D eigenvalue weighted by Gasteiger charge is 2.23. The van der Waals surface area contributed by atoms with Gasteiger partial charge in [0.25, 0.3) is 5.69 Å². The van der Waals surface area contributed by atoms with Crippen LogP contribution in [0.1, 0.15) is 18.1 Å². The van der Waals surface area contributed by atoms with Crippen LogP contribution in [0.3, 0.4) is 0 Å². The molecule has 0 saturated heterocycles. The third-order valence-corrected chi connectivity index (χ3v) is 7.97. The smallest absolute Gasteiger partial charge is 0.270 e. The van der Waals surface area contributed by atoms with Gasteiger partial charge in [-0.3, -0.25) is 10.1 Å². The van der Waals surface area contributed by atoms with Crippen molar-refractivity contribution in [3.05, 3.63) is 130 Å². The molecule has 0 N–H and O–H groups in total. The molecule has 0 aliphatic heterocycles. The molecule has 2 heterocycles. The summed E-state index contributed by atoms with van der Waals surface area (Å²) in [6, 6.07) is 35.6. The molecule has 44 heavy (non-hydrogen) atoms. The van der Waals surface area contributed by atoms with Gasteiger partial charge in [0.2, 0.25) is 5.88 Å². The Labute approximate surface area is 257 Å². The number of aliphatic imine (C=N–C) groups is 1. The topological polar surface area (TPSA) is 123 Å². The Balaban J connectivity index is 1.43. The Morgan fingerprint density at radius 3 is 2.18 bits per heavy atom. The lowest BCUT2D eigenvalue weighted by atomic mass is 9.98. The molecule has 6 aromatic rings. The third kappa shape index (κ3) is 5.64. The van der Waals surface area contributed by atoms with Crippen molar-refractivity contribution < 1.29 is 9.34 Å². The molecule has 0 atom stereocenters. The molecule has 6 rings (SSSR count). The van der Waals surface area contributed by atoms with Crippen LogP contribution < -0.4 is 0 Å². The zero-order chi connectivity index (χ0) is 30.5. The van der Waals surface area contributed by atoms with Gasteiger partial charge in [-0.05, 0) is 30.3 Å². The molecule has 2 aromatic heterocycles. The fourth-order valence-corrected chi connectivity index (χ4v) is 5.78. The van der Waals surface area contributed by atoms with E-state index in [-0.39, 0.29) is 17.1 Å². The highest BCUT2D eigenvalue weighted by atomic mass is 32.2. The van der Waals surface area contributed by atoms with Gasteiger partial charge in [0.1, 0.15) is 17.4 Å². The minimum Gasteiger partial charge on any atom is -0.436 e. The lowest BCUT2D eigenvalue weighted by Crippen LogP contribution is -2.00. The molecule has 10 heteroatoms. The van der Waals surface area contributed by atoms with Crippen molar-refractivity contribution in [3.8, 4) is 39.9 Å². The Kier molecular flexibility index (Phi) is 8.12. The second-order valence-corrected chi connectivity index (χ2v) is 10.6. The maximum Gasteiger partial charge on any atom is 0.270 e. The number of furan rings is 1. The fraction of sp³-hybridized carbons (Fsp3) is 0.0588. The van der Waals surface area contributed by atoms with Crippen LogP contribution in [0.25, 0.3) is 33.8 Å². The van der Waals surface area contributed by atoms with E-state index in [9.17, 15) is 15.4 Å². The van der Waals surface area contributed by atoms with E-state index in [2.05, 4.69) is 21.3 Å². The predicted molar refractivity (Wildman–Crippen MR) is 170 cm³/mol. The lowest BCUT2D eigenvalue weighted by molar-refractivity contribution is -0.384. The van der Waals surface area contributed by atoms with Crippen molar-refractivity contribution in [2.24, 2.45) is 4.99 Å². The summed E-state index contributed by atoms with van der Waals surface area (Å²) in [6.45, 7) is 2.63. The number of rotatable bonds is 9. The summed E-state index contributed by atoms with van der Waals surface area (Å²) in [6.07, 6.45) is 1.49. The first kappa shape index (κ1) is 28.3. The predicted octanol–water partition coefficient (Wildman–Crippen LogP) is 8.57. The average Bonchev–Trinajstić information content (AvgIpc) is 3.66. The van der Waals surface area contributed by atoms with Crippen molar-refractivity contribution in [2.75, 3.05) is 0 Å². The first-order valence-electron chi connectivity index (χ1n) is 13.7. The number of aromatic nitrogens is 3. The van der Waals surface area contributed by atoms with E-state index in [0.29, 0.717) is 33.5 Å². The number of nitro groups is 1. The van der Waals surface area contributed by atoms with Gasteiger partial charge in [0.15, 0.2) is 11.0 Å². The van der Waals surface area contributed by atoms with Crippen molar-refractivity contribution >= 4 is 29.5 Å². The van der Waals surface area contributed by atoms with Crippen LogP contribution in [0.15, 0.2) is 129 Å². The number of benzene rings is 4. The van der Waals surface area contributed by atoms with E-state index < -0.39 is 4.92 Å². The van der Waals surface area contributed by atoms with Crippen LogP contribution in [0.4, 0.5) is 11.6 Å². The quantitative estimate of drug-likeness (QED) is 0.0930. The molecule has 0 aliphatic rings. The summed E-state index contributed by atoms with van der Waals surface area (Å²) in [5, 5.41) is 31.4. The molecule has 214 valence electrons. The summed E-state index contributed by atoms with van der Waals surface area (Å²) >= 11 is 1.33. The van der Waals surface area contributed by atoms with Gasteiger partial charge in [0.05, 0.1) is 4.92 Å². The number of hydrogen-bond donors (Lipinski definition) is 0. The molecule has 0 aliphatic carbocycles. The molecule has 4 aromatic carbocycles. The van der Waals surface area contributed by atoms with E-state index in [0.717, 1.165) is 22.5 Å².